The van der Waals surface area contributed by atoms with Gasteiger partial charge >= 0.3 is 0 Å². The van der Waals surface area contributed by atoms with Gasteiger partial charge in [0, 0.05) is 22.5 Å². The number of hydrogen-bond acceptors (Lipinski definition) is 6. The summed E-state index contributed by atoms with van der Waals surface area (Å²) >= 11 is 25.9. The Morgan fingerprint density at radius 1 is 0.795 bits per heavy atom. The molecule has 0 spiro atoms. The monoisotopic (exact) mass is 590 g/mol. The molecule has 0 aliphatic heterocycles. The van der Waals surface area contributed by atoms with E-state index >= 15 is 0 Å². The van der Waals surface area contributed by atoms with Crippen LogP contribution in [0.5, 0.6) is 0 Å². The van der Waals surface area contributed by atoms with E-state index in [0.29, 0.717) is 54.7 Å². The average Bonchev–Trinajstić information content (AvgIpc) is 2.88. The van der Waals surface area contributed by atoms with Crippen LogP contribution in [-0.4, -0.2) is 19.9 Å². The number of hydrogen-bond donors (Lipinski definition) is 0. The van der Waals surface area contributed by atoms with Crippen LogP contribution in [0.2, 0.25) is 20.2 Å². The van der Waals surface area contributed by atoms with Gasteiger partial charge < -0.3 is 0 Å². The molecule has 0 amide bonds. The van der Waals surface area contributed by atoms with Gasteiger partial charge in [-0.2, -0.15) is 10.5 Å². The normalized spacial score (nSPS) is 11.5. The Balaban J connectivity index is 1.56. The molecule has 0 aliphatic carbocycles. The molecule has 0 atom stereocenters. The van der Waals surface area contributed by atoms with Crippen molar-refractivity contribution in [3.05, 3.63) is 91.0 Å². The van der Waals surface area contributed by atoms with Gasteiger partial charge in [0.2, 0.25) is 0 Å². The summed E-state index contributed by atoms with van der Waals surface area (Å²) in [5.74, 6) is 0. The fourth-order valence-corrected chi connectivity index (χ4v) is 6.04. The third kappa shape index (κ3) is 4.98. The standard InChI is InChI=1S/C29H18Cl4N6/c1-14-6-17(18(30)8-16(14)22-9-19(31)27-21(38-22)4-5-36-24(27)12-34)29(2,3)11-15-7-23-28(25(13-35)37-15)20(32)10-26(33)39-23/h4-10H,11H2,1-3H3. The molecule has 0 saturated heterocycles. The highest BCUT2D eigenvalue weighted by atomic mass is 35.5. The van der Waals surface area contributed by atoms with Gasteiger partial charge in [0.1, 0.15) is 17.3 Å². The quantitative estimate of drug-likeness (QED) is 0.194. The fraction of sp³-hybridized carbons (Fsp3) is 0.172. The van der Waals surface area contributed by atoms with E-state index in [1.54, 1.807) is 18.2 Å². The van der Waals surface area contributed by atoms with E-state index in [0.717, 1.165) is 16.7 Å². The van der Waals surface area contributed by atoms with Crippen LogP contribution in [0, 0.1) is 29.6 Å². The summed E-state index contributed by atoms with van der Waals surface area (Å²) in [7, 11) is 0. The molecule has 6 nitrogen and oxygen atoms in total. The Morgan fingerprint density at radius 3 is 2.21 bits per heavy atom. The largest absolute Gasteiger partial charge is 0.248 e. The predicted molar refractivity (Wildman–Crippen MR) is 155 cm³/mol. The molecule has 4 heterocycles. The number of aryl methyl sites for hydroxylation is 1. The summed E-state index contributed by atoms with van der Waals surface area (Å²) in [6.07, 6.45) is 2.02. The highest BCUT2D eigenvalue weighted by Gasteiger charge is 2.27. The van der Waals surface area contributed by atoms with Gasteiger partial charge in [-0.15, -0.1) is 0 Å². The van der Waals surface area contributed by atoms with Crippen molar-refractivity contribution in [1.29, 1.82) is 10.5 Å². The SMILES string of the molecule is Cc1cc(C(C)(C)Cc2cc3nc(Cl)cc(Cl)c3c(C#N)n2)c(Cl)cc1-c1cc(Cl)c2c(C#N)nccc2n1. The summed E-state index contributed by atoms with van der Waals surface area (Å²) < 4.78 is 0. The second kappa shape index (κ2) is 10.2. The number of nitrogens with zero attached hydrogens (tertiary/aromatic N) is 6. The third-order valence-corrected chi connectivity index (χ3v) is 7.69. The smallest absolute Gasteiger partial charge is 0.151 e. The first-order valence-corrected chi connectivity index (χ1v) is 13.3. The molecule has 4 aromatic heterocycles. The molecular weight excluding hydrogens is 574 g/mol. The van der Waals surface area contributed by atoms with Gasteiger partial charge in [-0.3, -0.25) is 0 Å². The van der Waals surface area contributed by atoms with E-state index in [2.05, 4.69) is 40.9 Å². The lowest BCUT2D eigenvalue weighted by Gasteiger charge is -2.27. The Morgan fingerprint density at radius 2 is 1.49 bits per heavy atom. The molecule has 10 heteroatoms. The lowest BCUT2D eigenvalue weighted by atomic mass is 9.79. The van der Waals surface area contributed by atoms with Crippen molar-refractivity contribution in [2.24, 2.45) is 0 Å². The van der Waals surface area contributed by atoms with Crippen LogP contribution in [0.3, 0.4) is 0 Å². The molecule has 0 unspecified atom stereocenters. The Kier molecular flexibility index (Phi) is 7.10. The molecule has 0 bridgehead atoms. The van der Waals surface area contributed by atoms with E-state index in [1.807, 2.05) is 19.1 Å². The Hall–Kier alpha value is -3.52. The predicted octanol–water partition coefficient (Wildman–Crippen LogP) is 8.43. The van der Waals surface area contributed by atoms with Crippen molar-refractivity contribution >= 4 is 68.2 Å². The summed E-state index contributed by atoms with van der Waals surface area (Å²) in [4.78, 5) is 17.7. The lowest BCUT2D eigenvalue weighted by Crippen LogP contribution is -2.22. The highest BCUT2D eigenvalue weighted by molar-refractivity contribution is 6.38. The summed E-state index contributed by atoms with van der Waals surface area (Å²) in [5.41, 5.74) is 5.03. The highest BCUT2D eigenvalue weighted by Crippen LogP contribution is 2.39. The molecule has 1 aromatic carbocycles. The first-order valence-electron chi connectivity index (χ1n) is 11.7. The molecule has 0 saturated carbocycles. The Bertz CT molecular complexity index is 1900. The molecule has 0 radical (unpaired) electrons. The van der Waals surface area contributed by atoms with Crippen molar-refractivity contribution in [3.8, 4) is 23.4 Å². The fourth-order valence-electron chi connectivity index (χ4n) is 4.78. The molecule has 0 aliphatic rings. The molecule has 0 fully saturated rings. The van der Waals surface area contributed by atoms with Crippen LogP contribution >= 0.6 is 46.4 Å². The average molecular weight is 592 g/mol. The summed E-state index contributed by atoms with van der Waals surface area (Å²) in [5, 5.41) is 21.6. The van der Waals surface area contributed by atoms with Crippen LogP contribution in [0.15, 0.2) is 42.6 Å². The van der Waals surface area contributed by atoms with E-state index in [4.69, 9.17) is 51.4 Å². The summed E-state index contributed by atoms with van der Waals surface area (Å²) in [6, 6.07) is 14.8. The van der Waals surface area contributed by atoms with Crippen molar-refractivity contribution < 1.29 is 0 Å². The molecule has 39 heavy (non-hydrogen) atoms. The minimum atomic E-state index is -0.460. The first-order chi connectivity index (χ1) is 18.5. The zero-order chi connectivity index (χ0) is 28.1. The van der Waals surface area contributed by atoms with Gasteiger partial charge in [-0.05, 0) is 60.2 Å². The topological polar surface area (TPSA) is 99.1 Å². The van der Waals surface area contributed by atoms with Crippen LogP contribution in [0.25, 0.3) is 33.1 Å². The van der Waals surface area contributed by atoms with E-state index in [1.165, 1.54) is 12.3 Å². The van der Waals surface area contributed by atoms with E-state index in [9.17, 15) is 10.5 Å². The number of rotatable bonds is 4. The minimum absolute atomic E-state index is 0.194. The maximum Gasteiger partial charge on any atom is 0.151 e. The number of pyridine rings is 4. The zero-order valence-corrected chi connectivity index (χ0v) is 24.0. The molecule has 192 valence electrons. The van der Waals surface area contributed by atoms with Crippen LogP contribution < -0.4 is 0 Å². The van der Waals surface area contributed by atoms with Gasteiger partial charge in [-0.25, -0.2) is 19.9 Å². The number of fused-ring (bicyclic) bond motifs is 2. The number of benzene rings is 1. The number of aromatic nitrogens is 4. The summed E-state index contributed by atoms with van der Waals surface area (Å²) in [6.45, 7) is 6.10. The zero-order valence-electron chi connectivity index (χ0n) is 20.9. The number of nitriles is 2. The van der Waals surface area contributed by atoms with Gasteiger partial charge in [-0.1, -0.05) is 66.3 Å². The second-order valence-electron chi connectivity index (χ2n) is 9.76. The van der Waals surface area contributed by atoms with Crippen LogP contribution in [-0.2, 0) is 11.8 Å². The Labute approximate surface area is 244 Å². The maximum atomic E-state index is 9.72. The van der Waals surface area contributed by atoms with Crippen molar-refractivity contribution in [1.82, 2.24) is 19.9 Å². The van der Waals surface area contributed by atoms with Gasteiger partial charge in [0.25, 0.3) is 0 Å². The molecule has 0 N–H and O–H groups in total. The minimum Gasteiger partial charge on any atom is -0.248 e. The number of halogens is 4. The molecule has 5 aromatic rings. The van der Waals surface area contributed by atoms with Crippen molar-refractivity contribution in [2.45, 2.75) is 32.6 Å². The van der Waals surface area contributed by atoms with Crippen molar-refractivity contribution in [2.75, 3.05) is 0 Å². The third-order valence-electron chi connectivity index (χ3n) is 6.59. The van der Waals surface area contributed by atoms with Crippen molar-refractivity contribution in [3.63, 3.8) is 0 Å². The second-order valence-corrected chi connectivity index (χ2v) is 11.4. The lowest BCUT2D eigenvalue weighted by molar-refractivity contribution is 0.515. The van der Waals surface area contributed by atoms with Gasteiger partial charge in [0.15, 0.2) is 11.4 Å². The first kappa shape index (κ1) is 27.1. The van der Waals surface area contributed by atoms with Crippen LogP contribution in [0.4, 0.5) is 0 Å². The van der Waals surface area contributed by atoms with Gasteiger partial charge in [0.05, 0.1) is 37.5 Å². The van der Waals surface area contributed by atoms with Crippen LogP contribution in [0.1, 0.15) is 42.1 Å². The maximum absolute atomic E-state index is 9.72. The molecule has 5 rings (SSSR count). The van der Waals surface area contributed by atoms with E-state index < -0.39 is 5.41 Å². The molecular formula is C29H18Cl4N6. The van der Waals surface area contributed by atoms with E-state index in [-0.39, 0.29) is 16.5 Å².